The van der Waals surface area contributed by atoms with Crippen LogP contribution in [0.5, 0.6) is 11.5 Å². The Morgan fingerprint density at radius 3 is 2.43 bits per heavy atom. The summed E-state index contributed by atoms with van der Waals surface area (Å²) in [5, 5.41) is 0. The molecule has 0 aliphatic rings. The molecule has 0 amide bonds. The second kappa shape index (κ2) is 7.36. The van der Waals surface area contributed by atoms with Crippen LogP contribution >= 0.6 is 11.8 Å². The van der Waals surface area contributed by atoms with Gasteiger partial charge in [0.05, 0.1) is 20.3 Å². The molecule has 1 unspecified atom stereocenters. The summed E-state index contributed by atoms with van der Waals surface area (Å²) in [6.07, 6.45) is 2.05. The largest absolute Gasteiger partial charge is 0.497 e. The van der Waals surface area contributed by atoms with E-state index in [1.54, 1.807) is 26.0 Å². The maximum absolute atomic E-state index is 5.81. The highest BCUT2D eigenvalue weighted by Crippen LogP contribution is 2.35. The van der Waals surface area contributed by atoms with Gasteiger partial charge in [0.2, 0.25) is 0 Å². The molecule has 0 bridgehead atoms. The van der Waals surface area contributed by atoms with Gasteiger partial charge in [-0.2, -0.15) is 0 Å². The first-order chi connectivity index (χ1) is 10.2. The summed E-state index contributed by atoms with van der Waals surface area (Å²) < 4.78 is 10.7. The molecule has 0 heterocycles. The van der Waals surface area contributed by atoms with Crippen LogP contribution < -0.4 is 20.7 Å². The lowest BCUT2D eigenvalue weighted by molar-refractivity contribution is 0.387. The van der Waals surface area contributed by atoms with Crippen molar-refractivity contribution in [2.45, 2.75) is 10.9 Å². The van der Waals surface area contributed by atoms with Crippen molar-refractivity contribution >= 4 is 11.8 Å². The Labute approximate surface area is 129 Å². The van der Waals surface area contributed by atoms with E-state index in [-0.39, 0.29) is 6.04 Å². The van der Waals surface area contributed by atoms with Gasteiger partial charge >= 0.3 is 0 Å². The molecular weight excluding hydrogens is 284 g/mol. The fourth-order valence-electron chi connectivity index (χ4n) is 2.31. The van der Waals surface area contributed by atoms with Gasteiger partial charge in [-0.15, -0.1) is 11.8 Å². The summed E-state index contributed by atoms with van der Waals surface area (Å²) in [6.45, 7) is 0. The van der Waals surface area contributed by atoms with Crippen LogP contribution in [0.3, 0.4) is 0 Å². The van der Waals surface area contributed by atoms with Crippen molar-refractivity contribution in [1.29, 1.82) is 0 Å². The van der Waals surface area contributed by atoms with Gasteiger partial charge in [-0.05, 0) is 30.0 Å². The lowest BCUT2D eigenvalue weighted by Gasteiger charge is -2.22. The Morgan fingerprint density at radius 2 is 1.81 bits per heavy atom. The van der Waals surface area contributed by atoms with Crippen molar-refractivity contribution < 1.29 is 9.47 Å². The van der Waals surface area contributed by atoms with E-state index in [4.69, 9.17) is 15.3 Å². The molecule has 0 radical (unpaired) electrons. The molecule has 21 heavy (non-hydrogen) atoms. The van der Waals surface area contributed by atoms with E-state index in [2.05, 4.69) is 23.8 Å². The third-order valence-electron chi connectivity index (χ3n) is 3.37. The minimum atomic E-state index is -0.144. The molecule has 0 aromatic heterocycles. The van der Waals surface area contributed by atoms with Crippen molar-refractivity contribution in [1.82, 2.24) is 5.43 Å². The highest BCUT2D eigenvalue weighted by molar-refractivity contribution is 7.98. The first-order valence-electron chi connectivity index (χ1n) is 6.56. The maximum atomic E-state index is 5.81. The van der Waals surface area contributed by atoms with Crippen molar-refractivity contribution in [2.75, 3.05) is 20.5 Å². The predicted octanol–water partition coefficient (Wildman–Crippen LogP) is 2.98. The molecule has 4 nitrogen and oxygen atoms in total. The number of benzene rings is 2. The Kier molecular flexibility index (Phi) is 5.50. The summed E-state index contributed by atoms with van der Waals surface area (Å²) in [5.41, 5.74) is 4.98. The zero-order valence-corrected chi connectivity index (χ0v) is 13.2. The molecule has 0 saturated carbocycles. The SMILES string of the molecule is COc1ccc(C(NN)c2ccccc2SC)c(OC)c1. The Morgan fingerprint density at radius 1 is 1.05 bits per heavy atom. The van der Waals surface area contributed by atoms with Crippen LogP contribution in [-0.2, 0) is 0 Å². The zero-order chi connectivity index (χ0) is 15.2. The van der Waals surface area contributed by atoms with Gasteiger partial charge in [0.25, 0.3) is 0 Å². The molecule has 0 aliphatic carbocycles. The summed E-state index contributed by atoms with van der Waals surface area (Å²) in [5.74, 6) is 7.31. The number of methoxy groups -OCH3 is 2. The minimum Gasteiger partial charge on any atom is -0.497 e. The van der Waals surface area contributed by atoms with Crippen LogP contribution in [0, 0.1) is 0 Å². The number of nitrogens with two attached hydrogens (primary N) is 1. The number of ether oxygens (including phenoxy) is 2. The van der Waals surface area contributed by atoms with E-state index in [0.29, 0.717) is 0 Å². The standard InChI is InChI=1S/C16H20N2O2S/c1-19-11-8-9-12(14(10-11)20-2)16(18-17)13-6-4-5-7-15(13)21-3/h4-10,16,18H,17H2,1-3H3. The highest BCUT2D eigenvalue weighted by Gasteiger charge is 2.20. The molecule has 3 N–H and O–H groups in total. The molecule has 1 atom stereocenters. The van der Waals surface area contributed by atoms with Crippen LogP contribution in [-0.4, -0.2) is 20.5 Å². The van der Waals surface area contributed by atoms with E-state index in [0.717, 1.165) is 22.6 Å². The third kappa shape index (κ3) is 3.32. The van der Waals surface area contributed by atoms with Gasteiger partial charge in [-0.1, -0.05) is 18.2 Å². The van der Waals surface area contributed by atoms with Gasteiger partial charge < -0.3 is 9.47 Å². The molecule has 0 spiro atoms. The second-order valence-electron chi connectivity index (χ2n) is 4.45. The highest BCUT2D eigenvalue weighted by atomic mass is 32.2. The van der Waals surface area contributed by atoms with E-state index in [1.165, 1.54) is 4.90 Å². The number of thioether (sulfide) groups is 1. The lowest BCUT2D eigenvalue weighted by Crippen LogP contribution is -2.29. The Bertz CT molecular complexity index is 605. The van der Waals surface area contributed by atoms with E-state index < -0.39 is 0 Å². The summed E-state index contributed by atoms with van der Waals surface area (Å²) in [6, 6.07) is 13.8. The first kappa shape index (κ1) is 15.7. The molecule has 2 aromatic rings. The van der Waals surface area contributed by atoms with Gasteiger partial charge in [-0.3, -0.25) is 5.84 Å². The van der Waals surface area contributed by atoms with E-state index >= 15 is 0 Å². The summed E-state index contributed by atoms with van der Waals surface area (Å²) in [7, 11) is 3.28. The average molecular weight is 304 g/mol. The molecule has 0 fully saturated rings. The molecular formula is C16H20N2O2S. The Hall–Kier alpha value is -1.69. The fraction of sp³-hybridized carbons (Fsp3) is 0.250. The molecule has 2 rings (SSSR count). The van der Waals surface area contributed by atoms with E-state index in [9.17, 15) is 0 Å². The average Bonchev–Trinajstić information content (AvgIpc) is 2.56. The van der Waals surface area contributed by atoms with Crippen LogP contribution in [0.15, 0.2) is 47.4 Å². The molecule has 0 aliphatic heterocycles. The van der Waals surface area contributed by atoms with Gasteiger partial charge in [0.1, 0.15) is 11.5 Å². The molecule has 2 aromatic carbocycles. The van der Waals surface area contributed by atoms with Crippen LogP contribution in [0.4, 0.5) is 0 Å². The number of hydrazine groups is 1. The van der Waals surface area contributed by atoms with Crippen molar-refractivity contribution in [3.8, 4) is 11.5 Å². The molecule has 5 heteroatoms. The van der Waals surface area contributed by atoms with Crippen LogP contribution in [0.2, 0.25) is 0 Å². The smallest absolute Gasteiger partial charge is 0.127 e. The second-order valence-corrected chi connectivity index (χ2v) is 5.30. The number of rotatable bonds is 6. The van der Waals surface area contributed by atoms with Crippen molar-refractivity contribution in [2.24, 2.45) is 5.84 Å². The maximum Gasteiger partial charge on any atom is 0.127 e. The molecule has 112 valence electrons. The third-order valence-corrected chi connectivity index (χ3v) is 4.18. The molecule has 0 saturated heterocycles. The predicted molar refractivity (Wildman–Crippen MR) is 86.9 cm³/mol. The number of hydrogen-bond acceptors (Lipinski definition) is 5. The van der Waals surface area contributed by atoms with Crippen molar-refractivity contribution in [3.63, 3.8) is 0 Å². The number of hydrogen-bond donors (Lipinski definition) is 2. The van der Waals surface area contributed by atoms with Crippen LogP contribution in [0.1, 0.15) is 17.2 Å². The normalized spacial score (nSPS) is 12.0. The Balaban J connectivity index is 2.51. The quantitative estimate of drug-likeness (QED) is 0.488. The summed E-state index contributed by atoms with van der Waals surface area (Å²) >= 11 is 1.69. The van der Waals surface area contributed by atoms with E-state index in [1.807, 2.05) is 30.3 Å². The monoisotopic (exact) mass is 304 g/mol. The number of nitrogens with one attached hydrogen (secondary N) is 1. The minimum absolute atomic E-state index is 0.144. The van der Waals surface area contributed by atoms with Gasteiger partial charge in [0.15, 0.2) is 0 Å². The lowest BCUT2D eigenvalue weighted by atomic mass is 9.98. The fourth-order valence-corrected chi connectivity index (χ4v) is 2.95. The zero-order valence-electron chi connectivity index (χ0n) is 12.4. The van der Waals surface area contributed by atoms with Gasteiger partial charge in [0, 0.05) is 16.5 Å². The topological polar surface area (TPSA) is 56.5 Å². The summed E-state index contributed by atoms with van der Waals surface area (Å²) in [4.78, 5) is 1.18. The van der Waals surface area contributed by atoms with Crippen LogP contribution in [0.25, 0.3) is 0 Å². The van der Waals surface area contributed by atoms with Crippen molar-refractivity contribution in [3.05, 3.63) is 53.6 Å². The van der Waals surface area contributed by atoms with Gasteiger partial charge in [-0.25, -0.2) is 5.43 Å². The first-order valence-corrected chi connectivity index (χ1v) is 7.78.